The summed E-state index contributed by atoms with van der Waals surface area (Å²) in [5.41, 5.74) is 6.78. The van der Waals surface area contributed by atoms with Crippen molar-refractivity contribution < 1.29 is 9.90 Å². The molecule has 35 heavy (non-hydrogen) atoms. The smallest absolute Gasteiger partial charge is 0.335 e. The summed E-state index contributed by atoms with van der Waals surface area (Å²) in [7, 11) is 0. The Labute approximate surface area is 207 Å². The van der Waals surface area contributed by atoms with E-state index in [-0.39, 0.29) is 12.0 Å². The molecule has 178 valence electrons. The standard InChI is InChI=1S/C32H33NO2/c1-21-14-15-26(32(34)35)20-30(21)31-19-23(18-25-9-4-6-12-29(25)31)16-17-33-22(2)27-13-7-10-24-8-3-5-11-28(24)27/h3-15,20,22-23,31,33H,16-19H2,1-2H3,(H,34,35)/t22-,23?,31?/m1/s1. The van der Waals surface area contributed by atoms with Gasteiger partial charge >= 0.3 is 5.97 Å². The van der Waals surface area contributed by atoms with Crippen LogP contribution in [0.2, 0.25) is 0 Å². The average molecular weight is 464 g/mol. The van der Waals surface area contributed by atoms with E-state index in [4.69, 9.17) is 0 Å². The van der Waals surface area contributed by atoms with E-state index < -0.39 is 5.97 Å². The Balaban J connectivity index is 1.33. The van der Waals surface area contributed by atoms with E-state index >= 15 is 0 Å². The number of carbonyl (C=O) groups is 1. The van der Waals surface area contributed by atoms with Crippen molar-refractivity contribution in [2.24, 2.45) is 5.92 Å². The Bertz CT molecular complexity index is 1350. The van der Waals surface area contributed by atoms with Gasteiger partial charge in [0.1, 0.15) is 0 Å². The summed E-state index contributed by atoms with van der Waals surface area (Å²) in [5.74, 6) is -0.0757. The van der Waals surface area contributed by atoms with Crippen LogP contribution in [0.25, 0.3) is 10.8 Å². The molecular formula is C32H33NO2. The molecule has 0 aliphatic heterocycles. The minimum atomic E-state index is -0.862. The van der Waals surface area contributed by atoms with Gasteiger partial charge in [-0.2, -0.15) is 0 Å². The number of aryl methyl sites for hydroxylation is 1. The molecule has 3 nitrogen and oxygen atoms in total. The maximum Gasteiger partial charge on any atom is 0.335 e. The first-order valence-corrected chi connectivity index (χ1v) is 12.6. The first-order valence-electron chi connectivity index (χ1n) is 12.6. The molecule has 4 aromatic rings. The van der Waals surface area contributed by atoms with E-state index in [1.807, 2.05) is 12.1 Å². The first kappa shape index (κ1) is 23.3. The van der Waals surface area contributed by atoms with Gasteiger partial charge in [0.05, 0.1) is 5.56 Å². The van der Waals surface area contributed by atoms with Crippen molar-refractivity contribution in [1.82, 2.24) is 5.32 Å². The van der Waals surface area contributed by atoms with Crippen molar-refractivity contribution in [1.29, 1.82) is 0 Å². The summed E-state index contributed by atoms with van der Waals surface area (Å²) < 4.78 is 0. The fraction of sp³-hybridized carbons (Fsp3) is 0.281. The van der Waals surface area contributed by atoms with Crippen molar-refractivity contribution in [3.05, 3.63) is 118 Å². The number of benzene rings is 4. The second-order valence-corrected chi connectivity index (χ2v) is 9.97. The number of rotatable bonds is 7. The molecule has 0 radical (unpaired) electrons. The highest BCUT2D eigenvalue weighted by atomic mass is 16.4. The minimum absolute atomic E-state index is 0.236. The number of fused-ring (bicyclic) bond motifs is 2. The van der Waals surface area contributed by atoms with E-state index in [0.717, 1.165) is 36.9 Å². The summed E-state index contributed by atoms with van der Waals surface area (Å²) in [6, 6.07) is 29.7. The second-order valence-electron chi connectivity index (χ2n) is 9.97. The summed E-state index contributed by atoms with van der Waals surface area (Å²) in [4.78, 5) is 11.7. The summed E-state index contributed by atoms with van der Waals surface area (Å²) in [6.45, 7) is 5.31. The zero-order valence-corrected chi connectivity index (χ0v) is 20.5. The Morgan fingerprint density at radius 1 is 0.971 bits per heavy atom. The molecule has 0 saturated carbocycles. The van der Waals surface area contributed by atoms with Gasteiger partial charge in [0.15, 0.2) is 0 Å². The zero-order chi connectivity index (χ0) is 24.4. The van der Waals surface area contributed by atoms with E-state index in [2.05, 4.69) is 85.9 Å². The molecule has 1 aliphatic rings. The third kappa shape index (κ3) is 4.87. The highest BCUT2D eigenvalue weighted by molar-refractivity contribution is 5.88. The lowest BCUT2D eigenvalue weighted by Gasteiger charge is -2.33. The first-order chi connectivity index (χ1) is 17.0. The minimum Gasteiger partial charge on any atom is -0.478 e. The Morgan fingerprint density at radius 3 is 2.60 bits per heavy atom. The SMILES string of the molecule is Cc1ccc(C(=O)O)cc1C1CC(CCN[C@H](C)c2cccc3ccccc23)Cc2ccccc21. The molecule has 0 saturated heterocycles. The molecule has 0 aromatic heterocycles. The monoisotopic (exact) mass is 463 g/mol. The molecule has 3 heteroatoms. The van der Waals surface area contributed by atoms with Gasteiger partial charge in [-0.05, 0) is 96.3 Å². The molecule has 1 aliphatic carbocycles. The number of hydrogen-bond donors (Lipinski definition) is 2. The molecule has 0 heterocycles. The molecule has 2 N–H and O–H groups in total. The second kappa shape index (κ2) is 10.1. The van der Waals surface area contributed by atoms with Crippen LogP contribution in [0.1, 0.15) is 69.9 Å². The molecule has 3 atom stereocenters. The van der Waals surface area contributed by atoms with E-state index in [1.165, 1.54) is 27.5 Å². The third-order valence-electron chi connectivity index (χ3n) is 7.70. The Kier molecular flexibility index (Phi) is 6.70. The fourth-order valence-electron chi connectivity index (χ4n) is 5.82. The molecule has 4 aromatic carbocycles. The van der Waals surface area contributed by atoms with Crippen molar-refractivity contribution in [2.45, 2.75) is 45.1 Å². The molecular weight excluding hydrogens is 430 g/mol. The van der Waals surface area contributed by atoms with E-state index in [1.54, 1.807) is 6.07 Å². The van der Waals surface area contributed by atoms with Gasteiger partial charge in [0.25, 0.3) is 0 Å². The Hall–Kier alpha value is -3.43. The number of hydrogen-bond acceptors (Lipinski definition) is 2. The molecule has 0 fully saturated rings. The number of nitrogens with one attached hydrogen (secondary N) is 1. The summed E-state index contributed by atoms with van der Waals surface area (Å²) in [6.07, 6.45) is 3.22. The van der Waals surface area contributed by atoms with Gasteiger partial charge in [0.2, 0.25) is 0 Å². The van der Waals surface area contributed by atoms with Crippen molar-refractivity contribution >= 4 is 16.7 Å². The normalized spacial score (nSPS) is 18.2. The zero-order valence-electron chi connectivity index (χ0n) is 20.5. The van der Waals surface area contributed by atoms with Crippen LogP contribution in [0.3, 0.4) is 0 Å². The lowest BCUT2D eigenvalue weighted by Crippen LogP contribution is -2.26. The van der Waals surface area contributed by atoms with Gasteiger partial charge < -0.3 is 10.4 Å². The predicted molar refractivity (Wildman–Crippen MR) is 143 cm³/mol. The summed E-state index contributed by atoms with van der Waals surface area (Å²) in [5, 5.41) is 15.9. The van der Waals surface area contributed by atoms with Crippen LogP contribution in [0.4, 0.5) is 0 Å². The number of carboxylic acid groups (broad SMARTS) is 1. The van der Waals surface area contributed by atoms with Crippen molar-refractivity contribution in [2.75, 3.05) is 6.54 Å². The molecule has 0 amide bonds. The van der Waals surface area contributed by atoms with Crippen LogP contribution in [-0.4, -0.2) is 17.6 Å². The van der Waals surface area contributed by atoms with E-state index in [9.17, 15) is 9.90 Å². The lowest BCUT2D eigenvalue weighted by atomic mass is 9.72. The van der Waals surface area contributed by atoms with Crippen molar-refractivity contribution in [3.8, 4) is 0 Å². The topological polar surface area (TPSA) is 49.3 Å². The van der Waals surface area contributed by atoms with Gasteiger partial charge in [-0.25, -0.2) is 4.79 Å². The highest BCUT2D eigenvalue weighted by Gasteiger charge is 2.29. The van der Waals surface area contributed by atoms with Crippen LogP contribution in [0.5, 0.6) is 0 Å². The van der Waals surface area contributed by atoms with Crippen LogP contribution in [0.15, 0.2) is 84.9 Å². The quantitative estimate of drug-likeness (QED) is 0.303. The van der Waals surface area contributed by atoms with Gasteiger partial charge in [-0.1, -0.05) is 72.8 Å². The number of aromatic carboxylic acids is 1. The molecule has 2 unspecified atom stereocenters. The fourth-order valence-corrected chi connectivity index (χ4v) is 5.82. The van der Waals surface area contributed by atoms with Crippen LogP contribution in [-0.2, 0) is 6.42 Å². The van der Waals surface area contributed by atoms with Crippen LogP contribution < -0.4 is 5.32 Å². The van der Waals surface area contributed by atoms with E-state index in [0.29, 0.717) is 11.5 Å². The van der Waals surface area contributed by atoms with Gasteiger partial charge in [-0.15, -0.1) is 0 Å². The Morgan fingerprint density at radius 2 is 1.74 bits per heavy atom. The third-order valence-corrected chi connectivity index (χ3v) is 7.70. The van der Waals surface area contributed by atoms with Crippen LogP contribution in [0, 0.1) is 12.8 Å². The number of carboxylic acids is 1. The summed E-state index contributed by atoms with van der Waals surface area (Å²) >= 11 is 0. The maximum absolute atomic E-state index is 11.7. The molecule has 0 bridgehead atoms. The van der Waals surface area contributed by atoms with Gasteiger partial charge in [0, 0.05) is 12.0 Å². The highest BCUT2D eigenvalue weighted by Crippen LogP contribution is 2.41. The largest absolute Gasteiger partial charge is 0.478 e. The molecule has 5 rings (SSSR count). The van der Waals surface area contributed by atoms with Gasteiger partial charge in [-0.3, -0.25) is 0 Å². The maximum atomic E-state index is 11.7. The predicted octanol–water partition coefficient (Wildman–Crippen LogP) is 7.28. The lowest BCUT2D eigenvalue weighted by molar-refractivity contribution is 0.0696. The van der Waals surface area contributed by atoms with Crippen molar-refractivity contribution in [3.63, 3.8) is 0 Å². The van der Waals surface area contributed by atoms with Crippen LogP contribution >= 0.6 is 0 Å². The average Bonchev–Trinajstić information content (AvgIpc) is 2.88. The molecule has 0 spiro atoms.